The van der Waals surface area contributed by atoms with Crippen LogP contribution in [-0.2, 0) is 0 Å². The van der Waals surface area contributed by atoms with Crippen LogP contribution >= 0.6 is 23.8 Å². The molecule has 0 amide bonds. The highest BCUT2D eigenvalue weighted by Crippen LogP contribution is 2.40. The lowest BCUT2D eigenvalue weighted by Gasteiger charge is -2.39. The highest BCUT2D eigenvalue weighted by atomic mass is 35.5. The second kappa shape index (κ2) is 5.90. The van der Waals surface area contributed by atoms with E-state index in [9.17, 15) is 0 Å². The van der Waals surface area contributed by atoms with Crippen LogP contribution in [-0.4, -0.2) is 11.1 Å². The summed E-state index contributed by atoms with van der Waals surface area (Å²) in [4.78, 5) is 0.325. The van der Waals surface area contributed by atoms with Crippen molar-refractivity contribution in [2.75, 3.05) is 0 Å². The molecule has 2 rings (SSSR count). The number of hydrogen-bond acceptors (Lipinski definition) is 2. The molecule has 2 N–H and O–H groups in total. The molecule has 1 aromatic carbocycles. The molecule has 1 fully saturated rings. The summed E-state index contributed by atoms with van der Waals surface area (Å²) in [5.41, 5.74) is 6.81. The van der Waals surface area contributed by atoms with Gasteiger partial charge in [-0.15, -0.1) is 0 Å². The van der Waals surface area contributed by atoms with E-state index in [1.807, 2.05) is 12.1 Å². The van der Waals surface area contributed by atoms with E-state index in [2.05, 4.69) is 20.8 Å². The van der Waals surface area contributed by atoms with E-state index in [0.29, 0.717) is 21.3 Å². The fraction of sp³-hybridized carbons (Fsp3) is 0.562. The van der Waals surface area contributed by atoms with Gasteiger partial charge in [0.15, 0.2) is 0 Å². The Labute approximate surface area is 131 Å². The molecular formula is C16H22ClNOS. The van der Waals surface area contributed by atoms with Crippen molar-refractivity contribution in [1.29, 1.82) is 0 Å². The number of hydrogen-bond donors (Lipinski definition) is 1. The van der Waals surface area contributed by atoms with E-state index < -0.39 is 0 Å². The van der Waals surface area contributed by atoms with E-state index in [-0.39, 0.29) is 6.10 Å². The second-order valence-corrected chi connectivity index (χ2v) is 7.53. The van der Waals surface area contributed by atoms with Gasteiger partial charge in [0.25, 0.3) is 0 Å². The first-order chi connectivity index (χ1) is 9.27. The predicted octanol–water partition coefficient (Wildman–Crippen LogP) is 4.57. The Morgan fingerprint density at radius 3 is 2.70 bits per heavy atom. The van der Waals surface area contributed by atoms with Crippen LogP contribution in [0.1, 0.15) is 45.6 Å². The number of thiocarbonyl (C=S) groups is 1. The van der Waals surface area contributed by atoms with Gasteiger partial charge in [-0.2, -0.15) is 0 Å². The lowest BCUT2D eigenvalue weighted by atomic mass is 9.71. The zero-order chi connectivity index (χ0) is 14.9. The average molecular weight is 312 g/mol. The highest BCUT2D eigenvalue weighted by molar-refractivity contribution is 7.80. The molecule has 0 spiro atoms. The van der Waals surface area contributed by atoms with Gasteiger partial charge < -0.3 is 10.5 Å². The lowest BCUT2D eigenvalue weighted by Crippen LogP contribution is -2.34. The summed E-state index contributed by atoms with van der Waals surface area (Å²) in [6, 6.07) is 5.45. The maximum absolute atomic E-state index is 6.18. The summed E-state index contributed by atoms with van der Waals surface area (Å²) < 4.78 is 6.18. The molecule has 1 saturated carbocycles. The molecule has 0 radical (unpaired) electrons. The van der Waals surface area contributed by atoms with Crippen LogP contribution in [0.4, 0.5) is 0 Å². The Hall–Kier alpha value is -0.800. The Morgan fingerprint density at radius 1 is 1.40 bits per heavy atom. The quantitative estimate of drug-likeness (QED) is 0.831. The third-order valence-electron chi connectivity index (χ3n) is 3.85. The predicted molar refractivity (Wildman–Crippen MR) is 88.6 cm³/mol. The van der Waals surface area contributed by atoms with Crippen molar-refractivity contribution >= 4 is 28.8 Å². The third kappa shape index (κ3) is 3.86. The number of nitrogens with two attached hydrogens (primary N) is 1. The van der Waals surface area contributed by atoms with E-state index in [1.54, 1.807) is 6.07 Å². The second-order valence-electron chi connectivity index (χ2n) is 6.66. The Bertz CT molecular complexity index is 515. The SMILES string of the molecule is CC1CC(Oc2ccc(Cl)cc2C(N)=S)CC(C)(C)C1. The minimum atomic E-state index is 0.211. The highest BCUT2D eigenvalue weighted by Gasteiger charge is 2.33. The maximum atomic E-state index is 6.18. The van der Waals surface area contributed by atoms with E-state index in [1.165, 1.54) is 6.42 Å². The van der Waals surface area contributed by atoms with Gasteiger partial charge in [-0.25, -0.2) is 0 Å². The largest absolute Gasteiger partial charge is 0.490 e. The zero-order valence-electron chi connectivity index (χ0n) is 12.3. The molecule has 2 unspecified atom stereocenters. The van der Waals surface area contributed by atoms with Crippen molar-refractivity contribution in [1.82, 2.24) is 0 Å². The monoisotopic (exact) mass is 311 g/mol. The smallest absolute Gasteiger partial charge is 0.129 e. The standard InChI is InChI=1S/C16H22ClNOS/c1-10-6-12(9-16(2,3)8-10)19-14-5-4-11(17)7-13(14)15(18)20/h4-5,7,10,12H,6,8-9H2,1-3H3,(H2,18,20). The van der Waals surface area contributed by atoms with Gasteiger partial charge in [-0.05, 0) is 48.8 Å². The van der Waals surface area contributed by atoms with Crippen molar-refractivity contribution in [3.05, 3.63) is 28.8 Å². The molecule has 20 heavy (non-hydrogen) atoms. The van der Waals surface area contributed by atoms with Crippen molar-refractivity contribution in [2.45, 2.75) is 46.1 Å². The fourth-order valence-corrected chi connectivity index (χ4v) is 3.66. The molecule has 1 aromatic rings. The van der Waals surface area contributed by atoms with Gasteiger partial charge in [-0.1, -0.05) is 44.6 Å². The van der Waals surface area contributed by atoms with Crippen LogP contribution in [0.2, 0.25) is 5.02 Å². The van der Waals surface area contributed by atoms with Gasteiger partial charge in [0.1, 0.15) is 10.7 Å². The van der Waals surface area contributed by atoms with E-state index in [4.69, 9.17) is 34.3 Å². The Kier molecular flexibility index (Phi) is 4.60. The van der Waals surface area contributed by atoms with Crippen LogP contribution in [0.15, 0.2) is 18.2 Å². The first-order valence-corrected chi connectivity index (χ1v) is 7.81. The molecule has 110 valence electrons. The average Bonchev–Trinajstić information content (AvgIpc) is 2.28. The maximum Gasteiger partial charge on any atom is 0.129 e. The molecule has 0 aromatic heterocycles. The third-order valence-corrected chi connectivity index (χ3v) is 4.30. The minimum absolute atomic E-state index is 0.211. The van der Waals surface area contributed by atoms with Crippen molar-refractivity contribution in [3.63, 3.8) is 0 Å². The van der Waals surface area contributed by atoms with Crippen LogP contribution in [0, 0.1) is 11.3 Å². The first-order valence-electron chi connectivity index (χ1n) is 7.03. The van der Waals surface area contributed by atoms with Crippen LogP contribution in [0.3, 0.4) is 0 Å². The van der Waals surface area contributed by atoms with Crippen LogP contribution in [0.5, 0.6) is 5.75 Å². The normalized spacial score (nSPS) is 25.2. The number of benzene rings is 1. The van der Waals surface area contributed by atoms with E-state index >= 15 is 0 Å². The van der Waals surface area contributed by atoms with Gasteiger partial charge in [0.05, 0.1) is 11.7 Å². The lowest BCUT2D eigenvalue weighted by molar-refractivity contribution is 0.0561. The molecule has 1 aliphatic rings. The summed E-state index contributed by atoms with van der Waals surface area (Å²) >= 11 is 11.1. The molecular weight excluding hydrogens is 290 g/mol. The summed E-state index contributed by atoms with van der Waals surface area (Å²) in [5.74, 6) is 1.42. The molecule has 2 nitrogen and oxygen atoms in total. The summed E-state index contributed by atoms with van der Waals surface area (Å²) in [6.45, 7) is 6.89. The fourth-order valence-electron chi connectivity index (χ4n) is 3.33. The molecule has 1 aliphatic carbocycles. The Morgan fingerprint density at radius 2 is 2.10 bits per heavy atom. The van der Waals surface area contributed by atoms with Gasteiger partial charge >= 0.3 is 0 Å². The first kappa shape index (κ1) is 15.6. The number of rotatable bonds is 3. The molecule has 2 atom stereocenters. The van der Waals surface area contributed by atoms with Crippen LogP contribution < -0.4 is 10.5 Å². The van der Waals surface area contributed by atoms with Crippen molar-refractivity contribution < 1.29 is 4.74 Å². The van der Waals surface area contributed by atoms with Crippen LogP contribution in [0.25, 0.3) is 0 Å². The summed E-state index contributed by atoms with van der Waals surface area (Å²) in [5, 5.41) is 0.623. The van der Waals surface area contributed by atoms with Gasteiger partial charge in [0.2, 0.25) is 0 Å². The zero-order valence-corrected chi connectivity index (χ0v) is 13.9. The molecule has 0 saturated heterocycles. The van der Waals surface area contributed by atoms with Gasteiger partial charge in [0, 0.05) is 5.02 Å². The number of halogens is 1. The molecule has 0 heterocycles. The summed E-state index contributed by atoms with van der Waals surface area (Å²) in [7, 11) is 0. The Balaban J connectivity index is 2.19. The van der Waals surface area contributed by atoms with E-state index in [0.717, 1.165) is 24.2 Å². The molecule has 4 heteroatoms. The summed E-state index contributed by atoms with van der Waals surface area (Å²) in [6.07, 6.45) is 3.58. The number of ether oxygens (including phenoxy) is 1. The minimum Gasteiger partial charge on any atom is -0.490 e. The molecule has 0 aliphatic heterocycles. The van der Waals surface area contributed by atoms with Crippen molar-refractivity contribution in [2.24, 2.45) is 17.1 Å². The molecule has 0 bridgehead atoms. The van der Waals surface area contributed by atoms with Crippen molar-refractivity contribution in [3.8, 4) is 5.75 Å². The van der Waals surface area contributed by atoms with Gasteiger partial charge in [-0.3, -0.25) is 0 Å². The topological polar surface area (TPSA) is 35.2 Å².